The second-order valence-electron chi connectivity index (χ2n) is 1.64. The van der Waals surface area contributed by atoms with Crippen LogP contribution in [0.15, 0.2) is 6.07 Å². The molecular formula is C5HCl2IN2O. The number of carbonyl (C=O) groups is 1. The lowest BCUT2D eigenvalue weighted by molar-refractivity contribution is 0.110. The molecule has 1 rings (SSSR count). The van der Waals surface area contributed by atoms with Gasteiger partial charge < -0.3 is 0 Å². The normalized spacial score (nSPS) is 9.73. The number of nitrogens with zero attached hydrogens (tertiary/aromatic N) is 2. The zero-order valence-corrected chi connectivity index (χ0v) is 8.68. The minimum atomic E-state index is -0.253. The van der Waals surface area contributed by atoms with Gasteiger partial charge in [0.2, 0.25) is 3.79 Å². The Bertz CT molecular complexity index is 305. The van der Waals surface area contributed by atoms with E-state index < -0.39 is 0 Å². The van der Waals surface area contributed by atoms with Gasteiger partial charge in [-0.05, 0) is 6.07 Å². The Kier molecular flexibility index (Phi) is 3.03. The molecule has 0 amide bonds. The molecule has 1 aromatic heterocycles. The molecule has 3 nitrogen and oxygen atoms in total. The average molecular weight is 303 g/mol. The van der Waals surface area contributed by atoms with Crippen molar-refractivity contribution in [2.75, 3.05) is 0 Å². The number of halogens is 3. The molecule has 0 N–H and O–H groups in total. The molecule has 0 spiro atoms. The van der Waals surface area contributed by atoms with Crippen molar-refractivity contribution in [1.82, 2.24) is 10.2 Å². The Hall–Kier alpha value is 0.0600. The van der Waals surface area contributed by atoms with Crippen LogP contribution in [0.5, 0.6) is 0 Å². The third-order valence-electron chi connectivity index (χ3n) is 0.904. The maximum Gasteiger partial charge on any atom is 0.244 e. The van der Waals surface area contributed by atoms with Gasteiger partial charge in [-0.15, -0.1) is 10.2 Å². The molecule has 1 heterocycles. The first-order chi connectivity index (χ1) is 5.11. The quantitative estimate of drug-likeness (QED) is 0.591. The predicted octanol–water partition coefficient (Wildman–Crippen LogP) is 2.36. The molecule has 6 heteroatoms. The van der Waals surface area contributed by atoms with Gasteiger partial charge in [0.05, 0.1) is 5.02 Å². The molecule has 0 aliphatic rings. The smallest absolute Gasteiger partial charge is 0.244 e. The van der Waals surface area contributed by atoms with Crippen molar-refractivity contribution >= 4 is 49.6 Å². The fraction of sp³-hybridized carbons (Fsp3) is 0. The van der Waals surface area contributed by atoms with Gasteiger partial charge in [-0.1, -0.05) is 23.2 Å². The topological polar surface area (TPSA) is 42.9 Å². The van der Waals surface area contributed by atoms with Gasteiger partial charge in [0.25, 0.3) is 0 Å². The van der Waals surface area contributed by atoms with E-state index in [9.17, 15) is 4.79 Å². The van der Waals surface area contributed by atoms with Crippen LogP contribution in [0.2, 0.25) is 10.2 Å². The lowest BCUT2D eigenvalue weighted by Gasteiger charge is -1.94. The van der Waals surface area contributed by atoms with E-state index >= 15 is 0 Å². The van der Waals surface area contributed by atoms with Crippen molar-refractivity contribution in [2.45, 2.75) is 0 Å². The van der Waals surface area contributed by atoms with Crippen LogP contribution >= 0.6 is 45.8 Å². The van der Waals surface area contributed by atoms with Crippen molar-refractivity contribution in [3.8, 4) is 0 Å². The Labute approximate surface area is 86.2 Å². The van der Waals surface area contributed by atoms with E-state index in [1.54, 1.807) is 22.6 Å². The van der Waals surface area contributed by atoms with E-state index in [0.717, 1.165) is 0 Å². The van der Waals surface area contributed by atoms with E-state index in [1.807, 2.05) is 0 Å². The number of carbonyl (C=O) groups excluding carboxylic acids is 1. The average Bonchev–Trinajstić information content (AvgIpc) is 1.85. The molecule has 0 unspecified atom stereocenters. The SMILES string of the molecule is O=C(I)c1nnc(Cl)cc1Cl. The van der Waals surface area contributed by atoms with E-state index in [-0.39, 0.29) is 19.7 Å². The second-order valence-corrected chi connectivity index (χ2v) is 3.41. The molecule has 0 atom stereocenters. The highest BCUT2D eigenvalue weighted by Crippen LogP contribution is 2.18. The van der Waals surface area contributed by atoms with Crippen molar-refractivity contribution in [1.29, 1.82) is 0 Å². The van der Waals surface area contributed by atoms with Crippen LogP contribution in [0.25, 0.3) is 0 Å². The molecule has 11 heavy (non-hydrogen) atoms. The largest absolute Gasteiger partial charge is 0.280 e. The predicted molar refractivity (Wildman–Crippen MR) is 50.4 cm³/mol. The van der Waals surface area contributed by atoms with E-state index in [4.69, 9.17) is 23.2 Å². The zero-order valence-electron chi connectivity index (χ0n) is 5.01. The molecule has 0 aliphatic carbocycles. The van der Waals surface area contributed by atoms with Crippen molar-refractivity contribution in [3.63, 3.8) is 0 Å². The summed E-state index contributed by atoms with van der Waals surface area (Å²) in [6.45, 7) is 0. The maximum absolute atomic E-state index is 10.7. The summed E-state index contributed by atoms with van der Waals surface area (Å²) in [6, 6.07) is 1.38. The van der Waals surface area contributed by atoms with Gasteiger partial charge in [-0.2, -0.15) is 0 Å². The third kappa shape index (κ3) is 2.25. The first-order valence-electron chi connectivity index (χ1n) is 2.50. The summed E-state index contributed by atoms with van der Waals surface area (Å²) in [5.41, 5.74) is 0.136. The van der Waals surface area contributed by atoms with Crippen LogP contribution < -0.4 is 0 Å². The molecule has 0 saturated heterocycles. The molecular weight excluding hydrogens is 302 g/mol. The molecule has 0 aromatic carbocycles. The minimum absolute atomic E-state index is 0.136. The molecule has 0 bridgehead atoms. The molecule has 0 fully saturated rings. The highest BCUT2D eigenvalue weighted by Gasteiger charge is 2.09. The Balaban J connectivity index is 3.20. The summed E-state index contributed by atoms with van der Waals surface area (Å²) in [5, 5.41) is 7.38. The lowest BCUT2D eigenvalue weighted by atomic mass is 10.4. The summed E-state index contributed by atoms with van der Waals surface area (Å²) >= 11 is 12.6. The van der Waals surface area contributed by atoms with Gasteiger partial charge in [0.1, 0.15) is 0 Å². The van der Waals surface area contributed by atoms with Crippen molar-refractivity contribution in [3.05, 3.63) is 21.9 Å². The molecule has 1 aromatic rings. The third-order valence-corrected chi connectivity index (χ3v) is 1.89. The van der Waals surface area contributed by atoms with Crippen molar-refractivity contribution < 1.29 is 4.79 Å². The summed E-state index contributed by atoms with van der Waals surface area (Å²) in [6.07, 6.45) is 0. The van der Waals surface area contributed by atoms with Crippen LogP contribution in [-0.4, -0.2) is 14.0 Å². The van der Waals surface area contributed by atoms with Crippen LogP contribution in [0.3, 0.4) is 0 Å². The first-order valence-corrected chi connectivity index (χ1v) is 4.33. The number of hydrogen-bond donors (Lipinski definition) is 0. The lowest BCUT2D eigenvalue weighted by Crippen LogP contribution is -1.96. The van der Waals surface area contributed by atoms with Crippen LogP contribution in [0.1, 0.15) is 10.5 Å². The highest BCUT2D eigenvalue weighted by molar-refractivity contribution is 14.1. The second kappa shape index (κ2) is 3.64. The zero-order chi connectivity index (χ0) is 8.43. The van der Waals surface area contributed by atoms with Gasteiger partial charge in [-0.25, -0.2) is 0 Å². The first kappa shape index (κ1) is 9.15. The maximum atomic E-state index is 10.7. The Morgan fingerprint density at radius 2 is 2.09 bits per heavy atom. The molecule has 0 saturated carbocycles. The van der Waals surface area contributed by atoms with Gasteiger partial charge in [0.15, 0.2) is 10.8 Å². The number of rotatable bonds is 1. The van der Waals surface area contributed by atoms with Gasteiger partial charge >= 0.3 is 0 Å². The van der Waals surface area contributed by atoms with Crippen LogP contribution in [0, 0.1) is 0 Å². The molecule has 58 valence electrons. The van der Waals surface area contributed by atoms with Crippen molar-refractivity contribution in [2.24, 2.45) is 0 Å². The summed E-state index contributed by atoms with van der Waals surface area (Å²) in [4.78, 5) is 10.7. The monoisotopic (exact) mass is 302 g/mol. The number of aromatic nitrogens is 2. The minimum Gasteiger partial charge on any atom is -0.280 e. The van der Waals surface area contributed by atoms with Gasteiger partial charge in [-0.3, -0.25) is 4.79 Å². The number of hydrogen-bond acceptors (Lipinski definition) is 3. The van der Waals surface area contributed by atoms with Gasteiger partial charge in [0, 0.05) is 22.6 Å². The molecule has 0 aliphatic heterocycles. The summed E-state index contributed by atoms with van der Waals surface area (Å²) < 4.78 is -0.253. The Morgan fingerprint density at radius 1 is 1.45 bits per heavy atom. The fourth-order valence-corrected chi connectivity index (χ4v) is 1.47. The molecule has 0 radical (unpaired) electrons. The van der Waals surface area contributed by atoms with E-state index in [0.29, 0.717) is 0 Å². The van der Waals surface area contributed by atoms with Crippen LogP contribution in [0.4, 0.5) is 0 Å². The fourth-order valence-electron chi connectivity index (χ4n) is 0.481. The van der Waals surface area contributed by atoms with E-state index in [2.05, 4.69) is 10.2 Å². The van der Waals surface area contributed by atoms with Crippen LogP contribution in [-0.2, 0) is 0 Å². The van der Waals surface area contributed by atoms with E-state index in [1.165, 1.54) is 6.07 Å². The standard InChI is InChI=1S/C5HCl2IN2O/c6-2-1-3(7)9-10-4(2)5(8)11/h1H. The summed E-state index contributed by atoms with van der Waals surface area (Å²) in [7, 11) is 0. The summed E-state index contributed by atoms with van der Waals surface area (Å²) in [5.74, 6) is 0. The highest BCUT2D eigenvalue weighted by atomic mass is 127. The Morgan fingerprint density at radius 3 is 2.55 bits per heavy atom.